The Labute approximate surface area is 154 Å². The third kappa shape index (κ3) is 4.00. The predicted octanol–water partition coefficient (Wildman–Crippen LogP) is 3.96. The normalized spacial score (nSPS) is 16.0. The number of alkyl halides is 3. The Kier molecular flexibility index (Phi) is 5.22. The van der Waals surface area contributed by atoms with Crippen molar-refractivity contribution >= 4 is 23.4 Å². The Morgan fingerprint density at radius 3 is 2.27 bits per heavy atom. The van der Waals surface area contributed by atoms with Crippen LogP contribution in [0.15, 0.2) is 24.7 Å². The van der Waals surface area contributed by atoms with E-state index in [0.29, 0.717) is 24.9 Å². The SMILES string of the molecule is Cc1cnc(N(C)C2CCN(c3ncc(C(F)(F)F)cc3Cl)CC2)nc1. The van der Waals surface area contributed by atoms with Gasteiger partial charge in [0.1, 0.15) is 5.82 Å². The van der Waals surface area contributed by atoms with Crippen LogP contribution in [0.4, 0.5) is 24.9 Å². The lowest BCUT2D eigenvalue weighted by Crippen LogP contribution is -2.44. The van der Waals surface area contributed by atoms with Gasteiger partial charge in [-0.15, -0.1) is 0 Å². The topological polar surface area (TPSA) is 45.2 Å². The summed E-state index contributed by atoms with van der Waals surface area (Å²) < 4.78 is 38.2. The summed E-state index contributed by atoms with van der Waals surface area (Å²) in [6, 6.07) is 1.18. The Balaban J connectivity index is 1.66. The summed E-state index contributed by atoms with van der Waals surface area (Å²) in [5.74, 6) is 1.06. The lowest BCUT2D eigenvalue weighted by Gasteiger charge is -2.37. The summed E-state index contributed by atoms with van der Waals surface area (Å²) in [5.41, 5.74) is 0.164. The summed E-state index contributed by atoms with van der Waals surface area (Å²) in [6.45, 7) is 3.24. The molecule has 26 heavy (non-hydrogen) atoms. The van der Waals surface area contributed by atoms with Gasteiger partial charge in [0.05, 0.1) is 10.6 Å². The quantitative estimate of drug-likeness (QED) is 0.800. The van der Waals surface area contributed by atoms with Gasteiger partial charge in [-0.05, 0) is 31.4 Å². The van der Waals surface area contributed by atoms with Crippen LogP contribution in [0.3, 0.4) is 0 Å². The molecule has 0 amide bonds. The van der Waals surface area contributed by atoms with E-state index in [4.69, 9.17) is 11.6 Å². The first-order valence-corrected chi connectivity index (χ1v) is 8.62. The lowest BCUT2D eigenvalue weighted by atomic mass is 10.0. The van der Waals surface area contributed by atoms with Gasteiger partial charge >= 0.3 is 6.18 Å². The van der Waals surface area contributed by atoms with Crippen molar-refractivity contribution in [1.82, 2.24) is 15.0 Å². The second-order valence-corrected chi connectivity index (χ2v) is 6.82. The number of aromatic nitrogens is 3. The highest BCUT2D eigenvalue weighted by molar-refractivity contribution is 6.33. The van der Waals surface area contributed by atoms with Crippen molar-refractivity contribution in [1.29, 1.82) is 0 Å². The van der Waals surface area contributed by atoms with Crippen LogP contribution in [0.5, 0.6) is 0 Å². The van der Waals surface area contributed by atoms with E-state index in [1.165, 1.54) is 0 Å². The van der Waals surface area contributed by atoms with E-state index in [2.05, 4.69) is 15.0 Å². The maximum atomic E-state index is 12.7. The van der Waals surface area contributed by atoms with E-state index >= 15 is 0 Å². The van der Waals surface area contributed by atoms with Gasteiger partial charge in [-0.1, -0.05) is 11.6 Å². The summed E-state index contributed by atoms with van der Waals surface area (Å²) in [6.07, 6.45) is 1.57. The molecule has 0 N–H and O–H groups in total. The van der Waals surface area contributed by atoms with Gasteiger partial charge in [0.15, 0.2) is 0 Å². The maximum absolute atomic E-state index is 12.7. The van der Waals surface area contributed by atoms with Gasteiger partial charge in [-0.3, -0.25) is 0 Å². The number of pyridine rings is 1. The largest absolute Gasteiger partial charge is 0.417 e. The molecule has 1 aliphatic heterocycles. The van der Waals surface area contributed by atoms with Gasteiger partial charge in [0.2, 0.25) is 5.95 Å². The van der Waals surface area contributed by atoms with Gasteiger partial charge < -0.3 is 9.80 Å². The fourth-order valence-corrected chi connectivity index (χ4v) is 3.30. The minimum atomic E-state index is -4.45. The first kappa shape index (κ1) is 18.7. The van der Waals surface area contributed by atoms with Crippen LogP contribution in [0.25, 0.3) is 0 Å². The molecule has 2 aromatic heterocycles. The highest BCUT2D eigenvalue weighted by Crippen LogP contribution is 2.34. The van der Waals surface area contributed by atoms with Crippen LogP contribution in [0.1, 0.15) is 24.0 Å². The smallest absolute Gasteiger partial charge is 0.355 e. The van der Waals surface area contributed by atoms with Crippen LogP contribution < -0.4 is 9.80 Å². The monoisotopic (exact) mass is 385 g/mol. The maximum Gasteiger partial charge on any atom is 0.417 e. The third-order valence-corrected chi connectivity index (χ3v) is 4.82. The Morgan fingerprint density at radius 1 is 1.12 bits per heavy atom. The highest BCUT2D eigenvalue weighted by atomic mass is 35.5. The zero-order chi connectivity index (χ0) is 18.9. The van der Waals surface area contributed by atoms with E-state index in [1.54, 1.807) is 12.4 Å². The molecule has 5 nitrogen and oxygen atoms in total. The van der Waals surface area contributed by atoms with Crippen molar-refractivity contribution in [2.75, 3.05) is 29.9 Å². The molecule has 3 rings (SSSR count). The Morgan fingerprint density at radius 2 is 1.73 bits per heavy atom. The molecule has 0 atom stereocenters. The number of aryl methyl sites for hydroxylation is 1. The number of halogens is 4. The van der Waals surface area contributed by atoms with Crippen LogP contribution >= 0.6 is 11.6 Å². The molecule has 2 aromatic rings. The van der Waals surface area contributed by atoms with Gasteiger partial charge in [0.25, 0.3) is 0 Å². The van der Waals surface area contributed by atoms with Gasteiger partial charge in [0, 0.05) is 44.8 Å². The molecule has 0 unspecified atom stereocenters. The Bertz CT molecular complexity index is 758. The van der Waals surface area contributed by atoms with E-state index in [9.17, 15) is 13.2 Å². The first-order valence-electron chi connectivity index (χ1n) is 8.25. The molecule has 1 fully saturated rings. The summed E-state index contributed by atoms with van der Waals surface area (Å²) >= 11 is 6.04. The van der Waals surface area contributed by atoms with Crippen molar-refractivity contribution in [2.24, 2.45) is 0 Å². The van der Waals surface area contributed by atoms with Crippen molar-refractivity contribution in [2.45, 2.75) is 32.0 Å². The molecule has 0 bridgehead atoms. The minimum absolute atomic E-state index is 0.0218. The zero-order valence-corrected chi connectivity index (χ0v) is 15.2. The second-order valence-electron chi connectivity index (χ2n) is 6.42. The van der Waals surface area contributed by atoms with E-state index in [1.807, 2.05) is 23.8 Å². The van der Waals surface area contributed by atoms with Crippen LogP contribution in [-0.2, 0) is 6.18 Å². The number of hydrogen-bond donors (Lipinski definition) is 0. The van der Waals surface area contributed by atoms with Crippen LogP contribution in [-0.4, -0.2) is 41.1 Å². The number of nitrogens with zero attached hydrogens (tertiary/aromatic N) is 5. The number of anilines is 2. The van der Waals surface area contributed by atoms with Crippen molar-refractivity contribution in [3.63, 3.8) is 0 Å². The van der Waals surface area contributed by atoms with Crippen LogP contribution in [0.2, 0.25) is 5.02 Å². The molecule has 0 spiro atoms. The van der Waals surface area contributed by atoms with Crippen molar-refractivity contribution in [3.05, 3.63) is 40.8 Å². The molecule has 1 saturated heterocycles. The number of hydrogen-bond acceptors (Lipinski definition) is 5. The predicted molar refractivity (Wildman–Crippen MR) is 94.7 cm³/mol. The fraction of sp³-hybridized carbons (Fsp3) is 0.471. The molecule has 0 aliphatic carbocycles. The van der Waals surface area contributed by atoms with E-state index in [0.717, 1.165) is 30.7 Å². The summed E-state index contributed by atoms with van der Waals surface area (Å²) in [7, 11) is 1.95. The molecule has 1 aliphatic rings. The second kappa shape index (κ2) is 7.26. The van der Waals surface area contributed by atoms with Gasteiger partial charge in [-0.25, -0.2) is 15.0 Å². The standard InChI is InChI=1S/C17H19ClF3N5/c1-11-8-23-16(24-9-11)25(2)13-3-5-26(6-4-13)15-14(18)7-12(10-22-15)17(19,20)21/h7-10,13H,3-6H2,1-2H3. The van der Waals surface area contributed by atoms with E-state index in [-0.39, 0.29) is 11.1 Å². The van der Waals surface area contributed by atoms with E-state index < -0.39 is 11.7 Å². The molecule has 3 heterocycles. The fourth-order valence-electron chi connectivity index (χ4n) is 3.01. The summed E-state index contributed by atoms with van der Waals surface area (Å²) in [4.78, 5) is 16.6. The van der Waals surface area contributed by atoms with Crippen molar-refractivity contribution < 1.29 is 13.2 Å². The Hall–Kier alpha value is -2.09. The molecular formula is C17H19ClF3N5. The zero-order valence-electron chi connectivity index (χ0n) is 14.5. The lowest BCUT2D eigenvalue weighted by molar-refractivity contribution is -0.137. The highest BCUT2D eigenvalue weighted by Gasteiger charge is 2.32. The average Bonchev–Trinajstić information content (AvgIpc) is 2.61. The van der Waals surface area contributed by atoms with Crippen molar-refractivity contribution in [3.8, 4) is 0 Å². The molecule has 9 heteroatoms. The molecule has 0 saturated carbocycles. The van der Waals surface area contributed by atoms with Crippen LogP contribution in [0, 0.1) is 6.92 Å². The number of piperidine rings is 1. The third-order valence-electron chi connectivity index (χ3n) is 4.54. The summed E-state index contributed by atoms with van der Waals surface area (Å²) in [5, 5.41) is 0.0218. The minimum Gasteiger partial charge on any atom is -0.355 e. The molecular weight excluding hydrogens is 367 g/mol. The molecule has 140 valence electrons. The molecule has 0 radical (unpaired) electrons. The molecule has 0 aromatic carbocycles. The first-order chi connectivity index (χ1) is 12.3. The average molecular weight is 386 g/mol. The van der Waals surface area contributed by atoms with Gasteiger partial charge in [-0.2, -0.15) is 13.2 Å². The number of rotatable bonds is 3.